The summed E-state index contributed by atoms with van der Waals surface area (Å²) in [6.07, 6.45) is 2.18. The molecular formula is C10H9Cl2IN2O. The number of hydrogen-bond acceptors (Lipinski definition) is 2. The molecule has 1 unspecified atom stereocenters. The number of hydrogen-bond donors (Lipinski definition) is 0. The van der Waals surface area contributed by atoms with E-state index >= 15 is 0 Å². The molecule has 1 saturated heterocycles. The van der Waals surface area contributed by atoms with Crippen molar-refractivity contribution in [3.8, 4) is 0 Å². The van der Waals surface area contributed by atoms with Crippen LogP contribution in [-0.2, 0) is 4.79 Å². The minimum Gasteiger partial charge on any atom is -0.311 e. The summed E-state index contributed by atoms with van der Waals surface area (Å²) in [5.41, 5.74) is 0.832. The molecule has 0 bridgehead atoms. The molecule has 1 amide bonds. The molecule has 1 fully saturated rings. The minimum absolute atomic E-state index is 0.103. The van der Waals surface area contributed by atoms with Gasteiger partial charge in [-0.15, -0.1) is 11.6 Å². The molecule has 1 aliphatic heterocycles. The van der Waals surface area contributed by atoms with Crippen LogP contribution in [0.2, 0.25) is 5.15 Å². The van der Waals surface area contributed by atoms with E-state index < -0.39 is 0 Å². The smallest absolute Gasteiger partial charge is 0.227 e. The SMILES string of the molecule is O=C1CC(CCl)CN1c1cc(Cl)ncc1I. The van der Waals surface area contributed by atoms with E-state index in [2.05, 4.69) is 27.6 Å². The number of halogens is 3. The lowest BCUT2D eigenvalue weighted by atomic mass is 10.1. The highest BCUT2D eigenvalue weighted by molar-refractivity contribution is 14.1. The Morgan fingerprint density at radius 1 is 1.62 bits per heavy atom. The van der Waals surface area contributed by atoms with Crippen molar-refractivity contribution in [2.24, 2.45) is 5.92 Å². The normalized spacial score (nSPS) is 20.6. The number of alkyl halides is 1. The van der Waals surface area contributed by atoms with Crippen molar-refractivity contribution < 1.29 is 4.79 Å². The number of anilines is 1. The van der Waals surface area contributed by atoms with Crippen molar-refractivity contribution in [3.63, 3.8) is 0 Å². The van der Waals surface area contributed by atoms with E-state index in [0.717, 1.165) is 9.26 Å². The van der Waals surface area contributed by atoms with E-state index in [1.165, 1.54) is 0 Å². The largest absolute Gasteiger partial charge is 0.311 e. The molecule has 2 rings (SSSR count). The van der Waals surface area contributed by atoms with E-state index in [-0.39, 0.29) is 11.8 Å². The minimum atomic E-state index is 0.103. The van der Waals surface area contributed by atoms with Gasteiger partial charge in [-0.1, -0.05) is 11.6 Å². The highest BCUT2D eigenvalue weighted by atomic mass is 127. The second-order valence-corrected chi connectivity index (χ2v) is 5.55. The third-order valence-corrected chi connectivity index (χ3v) is 3.99. The molecule has 1 aliphatic rings. The molecule has 16 heavy (non-hydrogen) atoms. The molecule has 0 saturated carbocycles. The Labute approximate surface area is 117 Å². The zero-order valence-electron chi connectivity index (χ0n) is 8.29. The third-order valence-electron chi connectivity index (χ3n) is 2.52. The Morgan fingerprint density at radius 3 is 3.00 bits per heavy atom. The van der Waals surface area contributed by atoms with Gasteiger partial charge in [0, 0.05) is 31.1 Å². The summed E-state index contributed by atoms with van der Waals surface area (Å²) in [6.45, 7) is 0.665. The van der Waals surface area contributed by atoms with Crippen molar-refractivity contribution in [2.75, 3.05) is 17.3 Å². The molecule has 3 nitrogen and oxygen atoms in total. The van der Waals surface area contributed by atoms with Crippen molar-refractivity contribution in [1.82, 2.24) is 4.98 Å². The summed E-state index contributed by atoms with van der Waals surface area (Å²) in [6, 6.07) is 1.72. The highest BCUT2D eigenvalue weighted by Crippen LogP contribution is 2.30. The van der Waals surface area contributed by atoms with Crippen molar-refractivity contribution in [3.05, 3.63) is 21.0 Å². The molecule has 2 heterocycles. The standard InChI is InChI=1S/C10H9Cl2IN2O/c11-3-6-1-10(16)15(5-6)8-2-9(12)14-4-7(8)13/h2,4,6H,1,3,5H2. The third kappa shape index (κ3) is 2.43. The maximum Gasteiger partial charge on any atom is 0.227 e. The molecular weight excluding hydrogens is 362 g/mol. The Bertz CT molecular complexity index is 427. The molecule has 6 heteroatoms. The Kier molecular flexibility index (Phi) is 3.92. The van der Waals surface area contributed by atoms with E-state index in [1.54, 1.807) is 17.2 Å². The van der Waals surface area contributed by atoms with Crippen LogP contribution in [0.25, 0.3) is 0 Å². The number of rotatable bonds is 2. The van der Waals surface area contributed by atoms with Gasteiger partial charge in [-0.25, -0.2) is 4.98 Å². The number of carbonyl (C=O) groups excluding carboxylic acids is 1. The Morgan fingerprint density at radius 2 is 2.38 bits per heavy atom. The van der Waals surface area contributed by atoms with Gasteiger partial charge in [0.15, 0.2) is 0 Å². The number of nitrogens with zero attached hydrogens (tertiary/aromatic N) is 2. The second-order valence-electron chi connectivity index (χ2n) is 3.69. The van der Waals surface area contributed by atoms with Crippen LogP contribution in [0.15, 0.2) is 12.3 Å². The topological polar surface area (TPSA) is 33.2 Å². The summed E-state index contributed by atoms with van der Waals surface area (Å²) in [7, 11) is 0. The van der Waals surface area contributed by atoms with Gasteiger partial charge in [0.25, 0.3) is 0 Å². The molecule has 0 aromatic carbocycles. The highest BCUT2D eigenvalue weighted by Gasteiger charge is 2.31. The fraction of sp³-hybridized carbons (Fsp3) is 0.400. The number of aromatic nitrogens is 1. The molecule has 0 radical (unpaired) electrons. The van der Waals surface area contributed by atoms with E-state index in [1.807, 2.05) is 0 Å². The van der Waals surface area contributed by atoms with Crippen LogP contribution < -0.4 is 4.90 Å². The van der Waals surface area contributed by atoms with E-state index in [4.69, 9.17) is 23.2 Å². The van der Waals surface area contributed by atoms with E-state index in [9.17, 15) is 4.79 Å². The predicted octanol–water partition coefficient (Wildman–Crippen LogP) is 2.93. The summed E-state index contributed by atoms with van der Waals surface area (Å²) in [5, 5.41) is 0.400. The first-order chi connectivity index (χ1) is 7.61. The molecule has 0 N–H and O–H groups in total. The maximum atomic E-state index is 11.8. The lowest BCUT2D eigenvalue weighted by molar-refractivity contribution is -0.117. The molecule has 0 spiro atoms. The van der Waals surface area contributed by atoms with Gasteiger partial charge >= 0.3 is 0 Å². The molecule has 86 valence electrons. The number of amides is 1. The molecule has 1 aromatic rings. The van der Waals surface area contributed by atoms with Crippen LogP contribution >= 0.6 is 45.8 Å². The average Bonchev–Trinajstić information content (AvgIpc) is 2.63. The molecule has 1 aromatic heterocycles. The quantitative estimate of drug-likeness (QED) is 0.455. The molecule has 1 atom stereocenters. The Balaban J connectivity index is 2.30. The summed E-state index contributed by atoms with van der Waals surface area (Å²) in [5.74, 6) is 0.847. The fourth-order valence-electron chi connectivity index (χ4n) is 1.73. The number of carbonyl (C=O) groups is 1. The van der Waals surface area contributed by atoms with Crippen LogP contribution in [0.1, 0.15) is 6.42 Å². The molecule has 0 aliphatic carbocycles. The number of pyridine rings is 1. The first-order valence-corrected chi connectivity index (χ1v) is 6.78. The summed E-state index contributed by atoms with van der Waals surface area (Å²) in [4.78, 5) is 17.5. The Hall–Kier alpha value is -0.0700. The van der Waals surface area contributed by atoms with Gasteiger partial charge in [0.1, 0.15) is 5.15 Å². The van der Waals surface area contributed by atoms with Crippen molar-refractivity contribution in [2.45, 2.75) is 6.42 Å². The van der Waals surface area contributed by atoms with Crippen LogP contribution in [0.5, 0.6) is 0 Å². The van der Waals surface area contributed by atoms with Crippen LogP contribution in [0, 0.1) is 9.49 Å². The first kappa shape index (κ1) is 12.4. The van der Waals surface area contributed by atoms with Crippen LogP contribution in [0.4, 0.5) is 5.69 Å². The van der Waals surface area contributed by atoms with Gasteiger partial charge in [-0.05, 0) is 28.5 Å². The van der Waals surface area contributed by atoms with Gasteiger partial charge in [0.2, 0.25) is 5.91 Å². The first-order valence-electron chi connectivity index (χ1n) is 4.79. The average molecular weight is 371 g/mol. The zero-order valence-corrected chi connectivity index (χ0v) is 12.0. The summed E-state index contributed by atoms with van der Waals surface area (Å²) < 4.78 is 0.922. The zero-order chi connectivity index (χ0) is 11.7. The van der Waals surface area contributed by atoms with Gasteiger partial charge < -0.3 is 4.90 Å². The van der Waals surface area contributed by atoms with Gasteiger partial charge in [-0.2, -0.15) is 0 Å². The van der Waals surface area contributed by atoms with Gasteiger partial charge in [-0.3, -0.25) is 4.79 Å². The van der Waals surface area contributed by atoms with Crippen molar-refractivity contribution >= 4 is 57.4 Å². The fourth-order valence-corrected chi connectivity index (χ4v) is 2.67. The van der Waals surface area contributed by atoms with Crippen molar-refractivity contribution in [1.29, 1.82) is 0 Å². The van der Waals surface area contributed by atoms with E-state index in [0.29, 0.717) is 24.0 Å². The summed E-state index contributed by atoms with van der Waals surface area (Å²) >= 11 is 13.8. The second kappa shape index (κ2) is 5.06. The maximum absolute atomic E-state index is 11.8. The lowest BCUT2D eigenvalue weighted by Crippen LogP contribution is -2.25. The predicted molar refractivity (Wildman–Crippen MR) is 73.1 cm³/mol. The van der Waals surface area contributed by atoms with Crippen LogP contribution in [0.3, 0.4) is 0 Å². The lowest BCUT2D eigenvalue weighted by Gasteiger charge is -2.17. The van der Waals surface area contributed by atoms with Gasteiger partial charge in [0.05, 0.1) is 9.26 Å². The van der Waals surface area contributed by atoms with Crippen LogP contribution in [-0.4, -0.2) is 23.3 Å². The monoisotopic (exact) mass is 370 g/mol.